The van der Waals surface area contributed by atoms with Crippen molar-refractivity contribution < 1.29 is 23.8 Å². The molecule has 1 aromatic rings. The van der Waals surface area contributed by atoms with E-state index in [0.717, 1.165) is 11.8 Å². The van der Waals surface area contributed by atoms with Gasteiger partial charge in [0, 0.05) is 17.4 Å². The molecule has 2 amide bonds. The maximum absolute atomic E-state index is 13.5. The van der Waals surface area contributed by atoms with Crippen LogP contribution in [0.25, 0.3) is 0 Å². The number of hydrogen-bond acceptors (Lipinski definition) is 6. The average molecular weight is 472 g/mol. The number of aliphatic hydroxyl groups is 1. The zero-order chi connectivity index (χ0) is 22.2. The molecule has 4 N–H and O–H groups in total. The number of carbonyl (C=O) groups excluding carboxylic acids is 2. The molecular formula is C21H27ClFN3O4S. The molecule has 1 heterocycles. The van der Waals surface area contributed by atoms with Crippen LogP contribution in [0, 0.1) is 5.82 Å². The number of rotatable bonds is 6. The summed E-state index contributed by atoms with van der Waals surface area (Å²) >= 11 is 7.36. The van der Waals surface area contributed by atoms with Gasteiger partial charge in [0.15, 0.2) is 6.61 Å². The quantitative estimate of drug-likeness (QED) is 0.506. The van der Waals surface area contributed by atoms with Crippen molar-refractivity contribution in [3.63, 3.8) is 0 Å². The van der Waals surface area contributed by atoms with E-state index in [-0.39, 0.29) is 40.6 Å². The van der Waals surface area contributed by atoms with Crippen molar-refractivity contribution in [3.05, 3.63) is 29.0 Å². The molecule has 3 aliphatic carbocycles. The summed E-state index contributed by atoms with van der Waals surface area (Å²) in [5.74, 6) is -0.0759. The zero-order valence-electron chi connectivity index (χ0n) is 17.2. The van der Waals surface area contributed by atoms with Crippen molar-refractivity contribution in [1.29, 1.82) is 0 Å². The summed E-state index contributed by atoms with van der Waals surface area (Å²) in [7, 11) is 0. The van der Waals surface area contributed by atoms with Gasteiger partial charge in [-0.3, -0.25) is 14.9 Å². The van der Waals surface area contributed by atoms with Crippen LogP contribution in [0.4, 0.5) is 4.39 Å². The molecule has 5 rings (SSSR count). The van der Waals surface area contributed by atoms with E-state index in [1.165, 1.54) is 12.1 Å². The van der Waals surface area contributed by atoms with E-state index in [1.54, 1.807) is 11.8 Å². The van der Waals surface area contributed by atoms with Gasteiger partial charge in [0.1, 0.15) is 11.6 Å². The van der Waals surface area contributed by atoms with Gasteiger partial charge in [0.2, 0.25) is 5.91 Å². The SMILES string of the molecule is CC1NC(C(=O)NC23CCC(NC(=O)COc4ccc(Cl)c(F)c4)(CC2)[C@@H](O)C3)CS1. The van der Waals surface area contributed by atoms with Gasteiger partial charge >= 0.3 is 0 Å². The van der Waals surface area contributed by atoms with E-state index in [4.69, 9.17) is 16.3 Å². The molecule has 7 nitrogen and oxygen atoms in total. The van der Waals surface area contributed by atoms with Crippen LogP contribution in [0.5, 0.6) is 5.75 Å². The Morgan fingerprint density at radius 2 is 2.06 bits per heavy atom. The summed E-state index contributed by atoms with van der Waals surface area (Å²) in [6.45, 7) is 1.74. The Morgan fingerprint density at radius 3 is 2.68 bits per heavy atom. The largest absolute Gasteiger partial charge is 0.484 e. The Kier molecular flexibility index (Phi) is 6.40. The molecule has 4 fully saturated rings. The monoisotopic (exact) mass is 471 g/mol. The lowest BCUT2D eigenvalue weighted by molar-refractivity contribution is -0.136. The fourth-order valence-corrected chi connectivity index (χ4v) is 5.92. The highest BCUT2D eigenvalue weighted by Crippen LogP contribution is 2.47. The minimum atomic E-state index is -0.767. The maximum atomic E-state index is 13.5. The van der Waals surface area contributed by atoms with E-state index in [9.17, 15) is 19.1 Å². The number of nitrogens with one attached hydrogen (secondary N) is 3. The first-order chi connectivity index (χ1) is 14.7. The molecule has 2 unspecified atom stereocenters. The molecule has 0 radical (unpaired) electrons. The van der Waals surface area contributed by atoms with E-state index < -0.39 is 23.0 Å². The van der Waals surface area contributed by atoms with E-state index in [0.29, 0.717) is 32.1 Å². The number of fused-ring (bicyclic) bond motifs is 3. The normalized spacial score (nSPS) is 34.4. The molecule has 2 bridgehead atoms. The third-order valence-electron chi connectivity index (χ3n) is 6.62. The molecule has 0 spiro atoms. The number of benzene rings is 1. The number of halogens is 2. The minimum absolute atomic E-state index is 0.0178. The van der Waals surface area contributed by atoms with Crippen LogP contribution in [0.3, 0.4) is 0 Å². The summed E-state index contributed by atoms with van der Waals surface area (Å²) in [6.07, 6.45) is 2.15. The molecule has 0 aromatic heterocycles. The van der Waals surface area contributed by atoms with Crippen molar-refractivity contribution in [2.24, 2.45) is 0 Å². The summed E-state index contributed by atoms with van der Waals surface area (Å²) in [5.41, 5.74) is -1.16. The summed E-state index contributed by atoms with van der Waals surface area (Å²) in [6, 6.07) is 3.76. The minimum Gasteiger partial charge on any atom is -0.484 e. The lowest BCUT2D eigenvalue weighted by Gasteiger charge is -2.56. The van der Waals surface area contributed by atoms with Crippen LogP contribution in [-0.4, -0.2) is 57.9 Å². The predicted molar refractivity (Wildman–Crippen MR) is 117 cm³/mol. The molecule has 1 aliphatic heterocycles. The van der Waals surface area contributed by atoms with Gasteiger partial charge < -0.3 is 20.5 Å². The predicted octanol–water partition coefficient (Wildman–Crippen LogP) is 1.96. The van der Waals surface area contributed by atoms with Gasteiger partial charge in [-0.1, -0.05) is 11.6 Å². The van der Waals surface area contributed by atoms with Gasteiger partial charge in [0.25, 0.3) is 5.91 Å². The van der Waals surface area contributed by atoms with Gasteiger partial charge in [-0.05, 0) is 51.2 Å². The Hall–Kier alpha value is -1.55. The van der Waals surface area contributed by atoms with Crippen molar-refractivity contribution in [2.75, 3.05) is 12.4 Å². The number of hydrogen-bond donors (Lipinski definition) is 4. The molecular weight excluding hydrogens is 445 g/mol. The molecule has 1 saturated heterocycles. The molecule has 3 atom stereocenters. The standard InChI is InChI=1S/C21H27ClFN3O4S/c1-12-24-16(11-31-12)19(29)26-20-4-6-21(7-5-20,17(27)9-20)25-18(28)10-30-13-2-3-14(22)15(23)8-13/h2-3,8,12,16-17,24,27H,4-7,9-11H2,1H3,(H,25,28)(H,26,29)/t12?,16?,17-,20?,21?/m0/s1. The summed E-state index contributed by atoms with van der Waals surface area (Å²) < 4.78 is 18.9. The second kappa shape index (κ2) is 8.77. The highest BCUT2D eigenvalue weighted by atomic mass is 35.5. The Labute approximate surface area is 189 Å². The molecule has 170 valence electrons. The fourth-order valence-electron chi connectivity index (χ4n) is 4.81. The second-order valence-electron chi connectivity index (χ2n) is 8.75. The molecule has 3 saturated carbocycles. The zero-order valence-corrected chi connectivity index (χ0v) is 18.8. The molecule has 10 heteroatoms. The number of ether oxygens (including phenoxy) is 1. The molecule has 4 aliphatic rings. The first-order valence-electron chi connectivity index (χ1n) is 10.5. The smallest absolute Gasteiger partial charge is 0.258 e. The average Bonchev–Trinajstić information content (AvgIpc) is 3.17. The lowest BCUT2D eigenvalue weighted by Crippen LogP contribution is -2.71. The van der Waals surface area contributed by atoms with E-state index in [1.807, 2.05) is 6.92 Å². The third-order valence-corrected chi connectivity index (χ3v) is 8.09. The highest BCUT2D eigenvalue weighted by molar-refractivity contribution is 8.00. The van der Waals surface area contributed by atoms with Gasteiger partial charge in [0.05, 0.1) is 28.1 Å². The number of amides is 2. The van der Waals surface area contributed by atoms with Crippen LogP contribution in [0.2, 0.25) is 5.02 Å². The molecule has 31 heavy (non-hydrogen) atoms. The van der Waals surface area contributed by atoms with Crippen molar-refractivity contribution >= 4 is 35.2 Å². The van der Waals surface area contributed by atoms with E-state index in [2.05, 4.69) is 16.0 Å². The maximum Gasteiger partial charge on any atom is 0.258 e. The van der Waals surface area contributed by atoms with Crippen LogP contribution >= 0.6 is 23.4 Å². The summed E-state index contributed by atoms with van der Waals surface area (Å²) in [5, 5.41) is 20.5. The Balaban J connectivity index is 1.31. The Bertz CT molecular complexity index is 865. The van der Waals surface area contributed by atoms with Crippen LogP contribution in [0.1, 0.15) is 39.0 Å². The number of aliphatic hydroxyl groups excluding tert-OH is 1. The van der Waals surface area contributed by atoms with Crippen molar-refractivity contribution in [3.8, 4) is 5.75 Å². The lowest BCUT2D eigenvalue weighted by atomic mass is 9.60. The molecule has 1 aromatic carbocycles. The van der Waals surface area contributed by atoms with E-state index >= 15 is 0 Å². The number of thioether (sulfide) groups is 1. The van der Waals surface area contributed by atoms with Gasteiger partial charge in [-0.25, -0.2) is 4.39 Å². The third kappa shape index (κ3) is 4.79. The summed E-state index contributed by atoms with van der Waals surface area (Å²) in [4.78, 5) is 25.2. The first-order valence-corrected chi connectivity index (χ1v) is 11.9. The van der Waals surface area contributed by atoms with Gasteiger partial charge in [-0.2, -0.15) is 0 Å². The second-order valence-corrected chi connectivity index (χ2v) is 10.5. The number of carbonyl (C=O) groups is 2. The van der Waals surface area contributed by atoms with Crippen LogP contribution in [0.15, 0.2) is 18.2 Å². The van der Waals surface area contributed by atoms with Gasteiger partial charge in [-0.15, -0.1) is 11.8 Å². The fraction of sp³-hybridized carbons (Fsp3) is 0.619. The van der Waals surface area contributed by atoms with Crippen LogP contribution in [-0.2, 0) is 9.59 Å². The highest BCUT2D eigenvalue weighted by Gasteiger charge is 2.55. The van der Waals surface area contributed by atoms with Crippen molar-refractivity contribution in [2.45, 2.75) is 67.6 Å². The Morgan fingerprint density at radius 1 is 1.32 bits per heavy atom. The van der Waals surface area contributed by atoms with Crippen LogP contribution < -0.4 is 20.7 Å². The van der Waals surface area contributed by atoms with Crippen molar-refractivity contribution in [1.82, 2.24) is 16.0 Å². The topological polar surface area (TPSA) is 99.7 Å². The first kappa shape index (κ1) is 22.6.